The van der Waals surface area contributed by atoms with Crippen LogP contribution in [0.1, 0.15) is 17.5 Å². The van der Waals surface area contributed by atoms with Gasteiger partial charge in [-0.3, -0.25) is 4.79 Å². The van der Waals surface area contributed by atoms with Crippen LogP contribution in [0.2, 0.25) is 5.22 Å². The monoisotopic (exact) mass is 321 g/mol. The van der Waals surface area contributed by atoms with E-state index in [-0.39, 0.29) is 29.0 Å². The first-order valence-corrected chi connectivity index (χ1v) is 6.85. The number of carbonyl (C=O) groups excluding carboxylic acids is 1. The van der Waals surface area contributed by atoms with Crippen molar-refractivity contribution in [2.24, 2.45) is 0 Å². The van der Waals surface area contributed by atoms with E-state index in [0.29, 0.717) is 18.5 Å². The summed E-state index contributed by atoms with van der Waals surface area (Å²) in [6.07, 6.45) is 0.0283. The molecule has 0 bridgehead atoms. The van der Waals surface area contributed by atoms with Crippen LogP contribution in [-0.2, 0) is 4.74 Å². The van der Waals surface area contributed by atoms with E-state index in [4.69, 9.17) is 20.8 Å². The summed E-state index contributed by atoms with van der Waals surface area (Å²) < 4.78 is 10.7. The number of halogens is 2. The minimum Gasteiger partial charge on any atom is -0.440 e. The topological polar surface area (TPSA) is 42.7 Å². The molecule has 1 fully saturated rings. The lowest BCUT2D eigenvalue weighted by molar-refractivity contribution is -0.0371. The standard InChI is InChI=1S/C11H13BrClNO3/c1-7-6-16-8(4-12)5-14(7)11(15)9-2-3-10(13)17-9/h2-3,7-8H,4-6H2,1H3. The number of furan rings is 1. The molecule has 1 aromatic heterocycles. The van der Waals surface area contributed by atoms with E-state index in [1.54, 1.807) is 17.0 Å². The first kappa shape index (κ1) is 12.9. The molecule has 1 aliphatic heterocycles. The second-order valence-corrected chi connectivity index (χ2v) is 5.04. The summed E-state index contributed by atoms with van der Waals surface area (Å²) >= 11 is 9.03. The number of nitrogens with zero attached hydrogens (tertiary/aromatic N) is 1. The summed E-state index contributed by atoms with van der Waals surface area (Å²) in [5.41, 5.74) is 0. The lowest BCUT2D eigenvalue weighted by atomic mass is 10.2. The molecule has 2 unspecified atom stereocenters. The van der Waals surface area contributed by atoms with Gasteiger partial charge in [-0.1, -0.05) is 15.9 Å². The van der Waals surface area contributed by atoms with E-state index >= 15 is 0 Å². The highest BCUT2D eigenvalue weighted by atomic mass is 79.9. The van der Waals surface area contributed by atoms with Gasteiger partial charge in [0, 0.05) is 11.9 Å². The maximum absolute atomic E-state index is 12.2. The summed E-state index contributed by atoms with van der Waals surface area (Å²) in [4.78, 5) is 13.9. The van der Waals surface area contributed by atoms with Crippen molar-refractivity contribution >= 4 is 33.4 Å². The molecular weight excluding hydrogens is 309 g/mol. The molecule has 17 heavy (non-hydrogen) atoms. The van der Waals surface area contributed by atoms with Crippen molar-refractivity contribution < 1.29 is 13.9 Å². The fourth-order valence-electron chi connectivity index (χ4n) is 1.76. The average molecular weight is 323 g/mol. The maximum Gasteiger partial charge on any atom is 0.290 e. The summed E-state index contributed by atoms with van der Waals surface area (Å²) in [6.45, 7) is 3.05. The lowest BCUT2D eigenvalue weighted by Gasteiger charge is -2.36. The molecule has 1 saturated heterocycles. The Morgan fingerprint density at radius 3 is 3.00 bits per heavy atom. The zero-order valence-corrected chi connectivity index (χ0v) is 11.7. The number of amides is 1. The number of hydrogen-bond donors (Lipinski definition) is 0. The number of alkyl halides is 1. The van der Waals surface area contributed by atoms with Crippen LogP contribution < -0.4 is 0 Å². The van der Waals surface area contributed by atoms with Crippen molar-refractivity contribution in [3.05, 3.63) is 23.1 Å². The van der Waals surface area contributed by atoms with Gasteiger partial charge in [0.15, 0.2) is 11.0 Å². The summed E-state index contributed by atoms with van der Waals surface area (Å²) in [5, 5.41) is 0.939. The van der Waals surface area contributed by atoms with Gasteiger partial charge in [0.2, 0.25) is 0 Å². The Morgan fingerprint density at radius 1 is 1.65 bits per heavy atom. The van der Waals surface area contributed by atoms with E-state index in [1.807, 2.05) is 6.92 Å². The van der Waals surface area contributed by atoms with Gasteiger partial charge in [-0.2, -0.15) is 0 Å². The Hall–Kier alpha value is -0.520. The molecule has 0 aliphatic carbocycles. The zero-order valence-electron chi connectivity index (χ0n) is 9.36. The number of ether oxygens (including phenoxy) is 1. The number of carbonyl (C=O) groups is 1. The van der Waals surface area contributed by atoms with Gasteiger partial charge in [0.1, 0.15) is 0 Å². The zero-order chi connectivity index (χ0) is 12.4. The molecule has 6 heteroatoms. The summed E-state index contributed by atoms with van der Waals surface area (Å²) in [7, 11) is 0. The van der Waals surface area contributed by atoms with E-state index < -0.39 is 0 Å². The summed E-state index contributed by atoms with van der Waals surface area (Å²) in [6, 6.07) is 3.21. The van der Waals surface area contributed by atoms with Gasteiger partial charge < -0.3 is 14.1 Å². The van der Waals surface area contributed by atoms with E-state index in [0.717, 1.165) is 0 Å². The average Bonchev–Trinajstić information content (AvgIpc) is 2.76. The van der Waals surface area contributed by atoms with E-state index in [1.165, 1.54) is 0 Å². The molecule has 94 valence electrons. The molecule has 1 aromatic rings. The molecule has 0 saturated carbocycles. The first-order chi connectivity index (χ1) is 8.11. The van der Waals surface area contributed by atoms with Gasteiger partial charge in [0.05, 0.1) is 18.8 Å². The van der Waals surface area contributed by atoms with Crippen molar-refractivity contribution in [2.75, 3.05) is 18.5 Å². The highest BCUT2D eigenvalue weighted by Gasteiger charge is 2.31. The minimum atomic E-state index is -0.140. The predicted molar refractivity (Wildman–Crippen MR) is 67.8 cm³/mol. The quantitative estimate of drug-likeness (QED) is 0.786. The van der Waals surface area contributed by atoms with Crippen LogP contribution in [0.3, 0.4) is 0 Å². The molecule has 0 N–H and O–H groups in total. The van der Waals surface area contributed by atoms with Gasteiger partial charge in [-0.15, -0.1) is 0 Å². The fourth-order valence-corrected chi connectivity index (χ4v) is 2.30. The Kier molecular flexibility index (Phi) is 4.12. The molecule has 2 heterocycles. The Bertz CT molecular complexity index is 409. The van der Waals surface area contributed by atoms with Crippen molar-refractivity contribution in [2.45, 2.75) is 19.1 Å². The number of morpholine rings is 1. The largest absolute Gasteiger partial charge is 0.440 e. The minimum absolute atomic E-state index is 0.0283. The van der Waals surface area contributed by atoms with Gasteiger partial charge in [0.25, 0.3) is 5.91 Å². The molecule has 0 aromatic carbocycles. The van der Waals surface area contributed by atoms with Crippen LogP contribution in [0.25, 0.3) is 0 Å². The second-order valence-electron chi connectivity index (χ2n) is 4.02. The molecule has 1 aliphatic rings. The summed E-state index contributed by atoms with van der Waals surface area (Å²) in [5.74, 6) is 0.135. The van der Waals surface area contributed by atoms with E-state index in [2.05, 4.69) is 15.9 Å². The smallest absolute Gasteiger partial charge is 0.290 e. The molecule has 1 amide bonds. The second kappa shape index (κ2) is 5.42. The third kappa shape index (κ3) is 2.84. The predicted octanol–water partition coefficient (Wildman–Crippen LogP) is 2.56. The van der Waals surface area contributed by atoms with Gasteiger partial charge in [-0.25, -0.2) is 0 Å². The normalized spacial score (nSPS) is 25.0. The Balaban J connectivity index is 2.12. The van der Waals surface area contributed by atoms with Crippen LogP contribution >= 0.6 is 27.5 Å². The Labute approximate surface area is 113 Å². The van der Waals surface area contributed by atoms with Crippen molar-refractivity contribution in [1.82, 2.24) is 4.90 Å². The van der Waals surface area contributed by atoms with Crippen LogP contribution in [0.5, 0.6) is 0 Å². The van der Waals surface area contributed by atoms with Gasteiger partial charge in [-0.05, 0) is 30.7 Å². The van der Waals surface area contributed by atoms with Crippen LogP contribution in [0.4, 0.5) is 0 Å². The molecule has 0 radical (unpaired) electrons. The first-order valence-electron chi connectivity index (χ1n) is 5.35. The van der Waals surface area contributed by atoms with Crippen LogP contribution in [0.15, 0.2) is 16.5 Å². The van der Waals surface area contributed by atoms with Crippen LogP contribution in [0, 0.1) is 0 Å². The molecule has 2 atom stereocenters. The van der Waals surface area contributed by atoms with Gasteiger partial charge >= 0.3 is 0 Å². The molecule has 4 nitrogen and oxygen atoms in total. The van der Waals surface area contributed by atoms with E-state index in [9.17, 15) is 4.79 Å². The highest BCUT2D eigenvalue weighted by molar-refractivity contribution is 9.09. The molecular formula is C11H13BrClNO3. The Morgan fingerprint density at radius 2 is 2.41 bits per heavy atom. The van der Waals surface area contributed by atoms with Crippen molar-refractivity contribution in [1.29, 1.82) is 0 Å². The highest BCUT2D eigenvalue weighted by Crippen LogP contribution is 2.19. The molecule has 0 spiro atoms. The third-order valence-corrected chi connectivity index (χ3v) is 3.65. The van der Waals surface area contributed by atoms with Crippen molar-refractivity contribution in [3.63, 3.8) is 0 Å². The lowest BCUT2D eigenvalue weighted by Crippen LogP contribution is -2.51. The fraction of sp³-hybridized carbons (Fsp3) is 0.545. The SMILES string of the molecule is CC1COC(CBr)CN1C(=O)c1ccc(Cl)o1. The van der Waals surface area contributed by atoms with Crippen molar-refractivity contribution in [3.8, 4) is 0 Å². The van der Waals surface area contributed by atoms with Crippen LogP contribution in [-0.4, -0.2) is 41.4 Å². The maximum atomic E-state index is 12.2. The third-order valence-electron chi connectivity index (χ3n) is 2.72. The number of rotatable bonds is 2. The molecule has 2 rings (SSSR count). The number of hydrogen-bond acceptors (Lipinski definition) is 3.